The van der Waals surface area contributed by atoms with Gasteiger partial charge in [-0.05, 0) is 93.8 Å². The van der Waals surface area contributed by atoms with Crippen molar-refractivity contribution in [2.45, 2.75) is 57.5 Å². The highest BCUT2D eigenvalue weighted by molar-refractivity contribution is 6.06. The number of carbonyl (C=O) groups is 2. The van der Waals surface area contributed by atoms with Gasteiger partial charge in [-0.1, -0.05) is 49.6 Å². The van der Waals surface area contributed by atoms with Gasteiger partial charge in [0.15, 0.2) is 0 Å². The number of carbonyl (C=O) groups excluding carboxylic acids is 2. The molecule has 1 saturated heterocycles. The van der Waals surface area contributed by atoms with Gasteiger partial charge in [-0.15, -0.1) is 0 Å². The standard InChI is InChI=1S/C35H45N5O2/c1-36(2)19-8-20-37-21-23-38(24-22-37)35(42)33-18-17-31-26-40(32-12-7-6-11-30(32)25-39(31)33)34(41)29-15-13-28(14-16-29)27-9-4-3-5-10-27/h6-7,11-18,27H,3-5,8-10,19-26H2,1-2H3. The molecule has 2 fully saturated rings. The van der Waals surface area contributed by atoms with E-state index in [9.17, 15) is 9.59 Å². The van der Waals surface area contributed by atoms with Gasteiger partial charge >= 0.3 is 0 Å². The number of aromatic nitrogens is 1. The van der Waals surface area contributed by atoms with Crippen molar-refractivity contribution in [1.29, 1.82) is 0 Å². The molecule has 6 rings (SSSR count). The number of benzene rings is 2. The molecule has 3 aromatic rings. The van der Waals surface area contributed by atoms with Crippen LogP contribution in [0.5, 0.6) is 0 Å². The van der Waals surface area contributed by atoms with Crippen LogP contribution < -0.4 is 4.90 Å². The maximum atomic E-state index is 14.0. The van der Waals surface area contributed by atoms with Crippen LogP contribution >= 0.6 is 0 Å². The summed E-state index contributed by atoms with van der Waals surface area (Å²) in [5, 5.41) is 0. The molecule has 2 amide bonds. The Hall–Kier alpha value is -3.42. The Kier molecular flexibility index (Phi) is 8.77. The highest BCUT2D eigenvalue weighted by atomic mass is 16.2. The van der Waals surface area contributed by atoms with E-state index < -0.39 is 0 Å². The van der Waals surface area contributed by atoms with Crippen LogP contribution in [0.3, 0.4) is 0 Å². The Labute approximate surface area is 250 Å². The molecule has 2 aliphatic heterocycles. The first-order valence-corrected chi connectivity index (χ1v) is 15.8. The molecule has 0 bridgehead atoms. The van der Waals surface area contributed by atoms with Gasteiger partial charge in [0.25, 0.3) is 11.8 Å². The van der Waals surface area contributed by atoms with E-state index >= 15 is 0 Å². The highest BCUT2D eigenvalue weighted by Crippen LogP contribution is 2.34. The number of hydrogen-bond donors (Lipinski definition) is 0. The number of piperazine rings is 1. The van der Waals surface area contributed by atoms with E-state index in [1.54, 1.807) is 0 Å². The Morgan fingerprint density at radius 2 is 1.55 bits per heavy atom. The molecule has 0 radical (unpaired) electrons. The minimum Gasteiger partial charge on any atom is -0.335 e. The third kappa shape index (κ3) is 6.18. The Morgan fingerprint density at radius 3 is 2.29 bits per heavy atom. The van der Waals surface area contributed by atoms with Crippen molar-refractivity contribution in [3.63, 3.8) is 0 Å². The third-order valence-electron chi connectivity index (χ3n) is 9.44. The smallest absolute Gasteiger partial charge is 0.270 e. The predicted octanol–water partition coefficient (Wildman–Crippen LogP) is 5.45. The van der Waals surface area contributed by atoms with Crippen LogP contribution in [0.4, 0.5) is 5.69 Å². The van der Waals surface area contributed by atoms with Crippen LogP contribution in [0.15, 0.2) is 60.7 Å². The average Bonchev–Trinajstić information content (AvgIpc) is 3.34. The molecule has 1 aliphatic carbocycles. The minimum atomic E-state index is 0.00515. The largest absolute Gasteiger partial charge is 0.335 e. The van der Waals surface area contributed by atoms with Crippen LogP contribution in [0.25, 0.3) is 0 Å². The van der Waals surface area contributed by atoms with E-state index in [1.807, 2.05) is 52.3 Å². The van der Waals surface area contributed by atoms with Crippen molar-refractivity contribution < 1.29 is 9.59 Å². The van der Waals surface area contributed by atoms with Gasteiger partial charge in [-0.3, -0.25) is 14.5 Å². The van der Waals surface area contributed by atoms with Crippen LogP contribution in [0.2, 0.25) is 0 Å². The molecule has 7 nitrogen and oxygen atoms in total. The maximum Gasteiger partial charge on any atom is 0.270 e. The Balaban J connectivity index is 1.18. The van der Waals surface area contributed by atoms with Crippen LogP contribution in [-0.2, 0) is 13.1 Å². The first-order valence-electron chi connectivity index (χ1n) is 15.8. The summed E-state index contributed by atoms with van der Waals surface area (Å²) in [4.78, 5) is 36.3. The van der Waals surface area contributed by atoms with Crippen molar-refractivity contribution in [3.05, 3.63) is 88.7 Å². The van der Waals surface area contributed by atoms with E-state index in [0.717, 1.165) is 62.6 Å². The van der Waals surface area contributed by atoms with Gasteiger partial charge in [0, 0.05) is 43.1 Å². The molecular formula is C35H45N5O2. The normalized spacial score (nSPS) is 18.1. The van der Waals surface area contributed by atoms with Gasteiger partial charge in [-0.25, -0.2) is 0 Å². The number of anilines is 1. The number of nitrogens with zero attached hydrogens (tertiary/aromatic N) is 5. The van der Waals surface area contributed by atoms with Gasteiger partial charge in [0.2, 0.25) is 0 Å². The molecule has 1 saturated carbocycles. The summed E-state index contributed by atoms with van der Waals surface area (Å²) in [6.07, 6.45) is 7.58. The molecule has 7 heteroatoms. The van der Waals surface area contributed by atoms with Gasteiger partial charge in [-0.2, -0.15) is 0 Å². The molecule has 42 heavy (non-hydrogen) atoms. The zero-order chi connectivity index (χ0) is 29.1. The second-order valence-electron chi connectivity index (χ2n) is 12.6. The fraction of sp³-hybridized carbons (Fsp3) is 0.486. The van der Waals surface area contributed by atoms with Crippen LogP contribution in [0.1, 0.15) is 82.1 Å². The van der Waals surface area contributed by atoms with E-state index in [1.165, 1.54) is 37.7 Å². The van der Waals surface area contributed by atoms with E-state index in [0.29, 0.717) is 30.3 Å². The summed E-state index contributed by atoms with van der Waals surface area (Å²) in [5.41, 5.74) is 5.75. The first kappa shape index (κ1) is 28.7. The third-order valence-corrected chi connectivity index (χ3v) is 9.44. The number of fused-ring (bicyclic) bond motifs is 2. The molecule has 1 aromatic heterocycles. The zero-order valence-electron chi connectivity index (χ0n) is 25.3. The lowest BCUT2D eigenvalue weighted by Gasteiger charge is -2.35. The molecule has 0 atom stereocenters. The minimum absolute atomic E-state index is 0.00515. The quantitative estimate of drug-likeness (QED) is 0.381. The van der Waals surface area contributed by atoms with Crippen LogP contribution in [-0.4, -0.2) is 84.4 Å². The topological polar surface area (TPSA) is 52.0 Å². The lowest BCUT2D eigenvalue weighted by atomic mass is 9.84. The molecule has 3 aliphatic rings. The Morgan fingerprint density at radius 1 is 0.810 bits per heavy atom. The molecular weight excluding hydrogens is 522 g/mol. The summed E-state index contributed by atoms with van der Waals surface area (Å²) in [6, 6.07) is 20.5. The SMILES string of the molecule is CN(C)CCCN1CCN(C(=O)c2ccc3n2Cc2ccccc2N(C(=O)c2ccc(C4CCCCC4)cc2)C3)CC1. The van der Waals surface area contributed by atoms with Crippen molar-refractivity contribution in [2.24, 2.45) is 0 Å². The maximum absolute atomic E-state index is 14.0. The summed E-state index contributed by atoms with van der Waals surface area (Å²) < 4.78 is 2.13. The molecule has 222 valence electrons. The van der Waals surface area contributed by atoms with Gasteiger partial charge in [0.1, 0.15) is 5.69 Å². The monoisotopic (exact) mass is 567 g/mol. The summed E-state index contributed by atoms with van der Waals surface area (Å²) in [6.45, 7) is 6.50. The Bertz CT molecular complexity index is 1380. The summed E-state index contributed by atoms with van der Waals surface area (Å²) in [5.74, 6) is 0.711. The lowest BCUT2D eigenvalue weighted by molar-refractivity contribution is 0.0623. The fourth-order valence-electron chi connectivity index (χ4n) is 6.96. The zero-order valence-corrected chi connectivity index (χ0v) is 25.3. The lowest BCUT2D eigenvalue weighted by Crippen LogP contribution is -2.49. The molecule has 2 aromatic carbocycles. The molecule has 3 heterocycles. The average molecular weight is 568 g/mol. The van der Waals surface area contributed by atoms with Gasteiger partial charge in [0.05, 0.1) is 13.1 Å². The number of rotatable bonds is 7. The molecule has 0 unspecified atom stereocenters. The van der Waals surface area contributed by atoms with Crippen LogP contribution in [0, 0.1) is 0 Å². The summed E-state index contributed by atoms with van der Waals surface area (Å²) >= 11 is 0. The number of hydrogen-bond acceptors (Lipinski definition) is 4. The second-order valence-corrected chi connectivity index (χ2v) is 12.6. The van der Waals surface area contributed by atoms with E-state index in [-0.39, 0.29) is 11.8 Å². The van der Waals surface area contributed by atoms with Crippen molar-refractivity contribution in [3.8, 4) is 0 Å². The highest BCUT2D eigenvalue weighted by Gasteiger charge is 2.30. The van der Waals surface area contributed by atoms with Crippen molar-refractivity contribution in [1.82, 2.24) is 19.3 Å². The first-order chi connectivity index (χ1) is 20.5. The van der Waals surface area contributed by atoms with E-state index in [2.05, 4.69) is 46.7 Å². The molecule has 0 spiro atoms. The fourth-order valence-corrected chi connectivity index (χ4v) is 6.96. The number of para-hydroxylation sites is 1. The van der Waals surface area contributed by atoms with Crippen molar-refractivity contribution in [2.75, 3.05) is 58.3 Å². The summed E-state index contributed by atoms with van der Waals surface area (Å²) in [7, 11) is 4.22. The van der Waals surface area contributed by atoms with Gasteiger partial charge < -0.3 is 19.3 Å². The van der Waals surface area contributed by atoms with E-state index in [4.69, 9.17) is 0 Å². The predicted molar refractivity (Wildman–Crippen MR) is 168 cm³/mol. The van der Waals surface area contributed by atoms with Crippen molar-refractivity contribution >= 4 is 17.5 Å². The number of amides is 2. The molecule has 0 N–H and O–H groups in total. The second kappa shape index (κ2) is 12.8.